The van der Waals surface area contributed by atoms with Crippen LogP contribution in [-0.4, -0.2) is 47.1 Å². The molecule has 0 unspecified atom stereocenters. The van der Waals surface area contributed by atoms with Gasteiger partial charge in [0, 0.05) is 50.3 Å². The summed E-state index contributed by atoms with van der Waals surface area (Å²) in [6.07, 6.45) is 0.766. The van der Waals surface area contributed by atoms with Gasteiger partial charge in [-0.05, 0) is 37.3 Å². The van der Waals surface area contributed by atoms with Crippen molar-refractivity contribution in [3.05, 3.63) is 65.8 Å². The molecule has 7 heteroatoms. The summed E-state index contributed by atoms with van der Waals surface area (Å²) >= 11 is 0. The van der Waals surface area contributed by atoms with Crippen molar-refractivity contribution in [1.29, 1.82) is 0 Å². The Morgan fingerprint density at radius 3 is 2.59 bits per heavy atom. The number of amides is 1. The van der Waals surface area contributed by atoms with Crippen molar-refractivity contribution in [3.8, 4) is 11.4 Å². The van der Waals surface area contributed by atoms with Crippen LogP contribution in [0.2, 0.25) is 0 Å². The number of piperazine rings is 1. The number of benzene rings is 2. The summed E-state index contributed by atoms with van der Waals surface area (Å²) in [5.74, 6) is 0.858. The molecule has 0 aliphatic carbocycles. The Bertz CT molecular complexity index is 978. The van der Waals surface area contributed by atoms with Gasteiger partial charge in [0.05, 0.1) is 0 Å². The highest BCUT2D eigenvalue weighted by Gasteiger charge is 2.22. The predicted octanol–water partition coefficient (Wildman–Crippen LogP) is 3.47. The van der Waals surface area contributed by atoms with Gasteiger partial charge in [-0.15, -0.1) is 0 Å². The largest absolute Gasteiger partial charge is 0.368 e. The van der Waals surface area contributed by atoms with Crippen molar-refractivity contribution in [3.63, 3.8) is 0 Å². The lowest BCUT2D eigenvalue weighted by Crippen LogP contribution is -2.48. The topological polar surface area (TPSA) is 62.5 Å². The van der Waals surface area contributed by atoms with Crippen LogP contribution in [-0.2, 0) is 11.2 Å². The molecule has 6 nitrogen and oxygen atoms in total. The van der Waals surface area contributed by atoms with Gasteiger partial charge in [0.1, 0.15) is 5.82 Å². The van der Waals surface area contributed by atoms with Gasteiger partial charge in [0.15, 0.2) is 0 Å². The van der Waals surface area contributed by atoms with Crippen molar-refractivity contribution in [1.82, 2.24) is 15.0 Å². The molecule has 150 valence electrons. The van der Waals surface area contributed by atoms with Crippen molar-refractivity contribution in [2.24, 2.45) is 0 Å². The zero-order valence-electron chi connectivity index (χ0n) is 16.3. The van der Waals surface area contributed by atoms with Gasteiger partial charge < -0.3 is 14.3 Å². The Morgan fingerprint density at radius 1 is 1.10 bits per heavy atom. The summed E-state index contributed by atoms with van der Waals surface area (Å²) in [5.41, 5.74) is 3.01. The summed E-state index contributed by atoms with van der Waals surface area (Å²) in [6.45, 7) is 4.77. The molecule has 1 aromatic heterocycles. The van der Waals surface area contributed by atoms with E-state index in [1.54, 1.807) is 12.1 Å². The molecule has 2 aromatic carbocycles. The second kappa shape index (κ2) is 8.43. The van der Waals surface area contributed by atoms with Crippen LogP contribution in [0.15, 0.2) is 53.1 Å². The van der Waals surface area contributed by atoms with E-state index in [2.05, 4.69) is 15.0 Å². The first-order valence-corrected chi connectivity index (χ1v) is 9.76. The van der Waals surface area contributed by atoms with Gasteiger partial charge in [0.2, 0.25) is 17.6 Å². The standard InChI is InChI=1S/C22H23FN4O2/c1-16-3-2-4-17(15-16)22-24-20(29-25-22)9-10-21(28)27-13-11-26(12-14-27)19-7-5-18(23)6-8-19/h2-8,15H,9-14H2,1H3. The molecule has 0 spiro atoms. The van der Waals surface area contributed by atoms with Crippen LogP contribution in [0.5, 0.6) is 0 Å². The smallest absolute Gasteiger partial charge is 0.227 e. The Labute approximate surface area is 168 Å². The van der Waals surface area contributed by atoms with Gasteiger partial charge in [-0.1, -0.05) is 28.9 Å². The second-order valence-electron chi connectivity index (χ2n) is 7.23. The van der Waals surface area contributed by atoms with E-state index in [1.807, 2.05) is 36.1 Å². The monoisotopic (exact) mass is 394 g/mol. The van der Waals surface area contributed by atoms with E-state index in [0.717, 1.165) is 29.9 Å². The van der Waals surface area contributed by atoms with E-state index < -0.39 is 0 Å². The lowest BCUT2D eigenvalue weighted by Gasteiger charge is -2.36. The molecule has 0 atom stereocenters. The number of anilines is 1. The van der Waals surface area contributed by atoms with Crippen LogP contribution in [0.3, 0.4) is 0 Å². The average molecular weight is 394 g/mol. The Hall–Kier alpha value is -3.22. The first-order valence-electron chi connectivity index (χ1n) is 9.76. The third-order valence-corrected chi connectivity index (χ3v) is 5.12. The SMILES string of the molecule is Cc1cccc(-c2noc(CCC(=O)N3CCN(c4ccc(F)cc4)CC3)n2)c1. The lowest BCUT2D eigenvalue weighted by molar-refractivity contribution is -0.131. The molecule has 0 bridgehead atoms. The quantitative estimate of drug-likeness (QED) is 0.663. The van der Waals surface area contributed by atoms with Crippen molar-refractivity contribution in [2.75, 3.05) is 31.1 Å². The third kappa shape index (κ3) is 4.62. The molecule has 29 heavy (non-hydrogen) atoms. The van der Waals surface area contributed by atoms with Crippen molar-refractivity contribution < 1.29 is 13.7 Å². The van der Waals surface area contributed by atoms with E-state index >= 15 is 0 Å². The fourth-order valence-electron chi connectivity index (χ4n) is 3.50. The number of rotatable bonds is 5. The lowest BCUT2D eigenvalue weighted by atomic mass is 10.1. The van der Waals surface area contributed by atoms with Crippen LogP contribution < -0.4 is 4.90 Å². The maximum absolute atomic E-state index is 13.1. The van der Waals surface area contributed by atoms with Crippen LogP contribution >= 0.6 is 0 Å². The molecule has 0 N–H and O–H groups in total. The summed E-state index contributed by atoms with van der Waals surface area (Å²) < 4.78 is 18.4. The number of aryl methyl sites for hydroxylation is 2. The molecule has 2 heterocycles. The van der Waals surface area contributed by atoms with Gasteiger partial charge in [-0.25, -0.2) is 4.39 Å². The number of hydrogen-bond acceptors (Lipinski definition) is 5. The number of nitrogens with zero attached hydrogens (tertiary/aromatic N) is 4. The summed E-state index contributed by atoms with van der Waals surface area (Å²) in [6, 6.07) is 14.4. The zero-order chi connectivity index (χ0) is 20.2. The van der Waals surface area contributed by atoms with E-state index in [4.69, 9.17) is 4.52 Å². The number of hydrogen-bond donors (Lipinski definition) is 0. The summed E-state index contributed by atoms with van der Waals surface area (Å²) in [7, 11) is 0. The highest BCUT2D eigenvalue weighted by molar-refractivity contribution is 5.76. The molecule has 1 fully saturated rings. The van der Waals surface area contributed by atoms with Crippen LogP contribution in [0.4, 0.5) is 10.1 Å². The van der Waals surface area contributed by atoms with E-state index in [0.29, 0.717) is 37.6 Å². The Morgan fingerprint density at radius 2 is 1.86 bits per heavy atom. The molecular weight excluding hydrogens is 371 g/mol. The molecule has 1 saturated heterocycles. The summed E-state index contributed by atoms with van der Waals surface area (Å²) in [5, 5.41) is 4.02. The fourth-order valence-corrected chi connectivity index (χ4v) is 3.50. The zero-order valence-corrected chi connectivity index (χ0v) is 16.3. The molecule has 0 saturated carbocycles. The first kappa shape index (κ1) is 19.1. The minimum absolute atomic E-state index is 0.0825. The van der Waals surface area contributed by atoms with Gasteiger partial charge in [0.25, 0.3) is 0 Å². The van der Waals surface area contributed by atoms with Gasteiger partial charge in [-0.2, -0.15) is 4.98 Å². The Kier molecular flexibility index (Phi) is 5.55. The number of carbonyl (C=O) groups is 1. The van der Waals surface area contributed by atoms with Crippen LogP contribution in [0.25, 0.3) is 11.4 Å². The van der Waals surface area contributed by atoms with Crippen LogP contribution in [0.1, 0.15) is 17.9 Å². The van der Waals surface area contributed by atoms with Crippen LogP contribution in [0, 0.1) is 12.7 Å². The number of carbonyl (C=O) groups excluding carboxylic acids is 1. The predicted molar refractivity (Wildman–Crippen MR) is 108 cm³/mol. The minimum atomic E-state index is -0.242. The van der Waals surface area contributed by atoms with E-state index in [9.17, 15) is 9.18 Å². The molecule has 4 rings (SSSR count). The molecule has 0 radical (unpaired) electrons. The molecule has 1 aliphatic rings. The van der Waals surface area contributed by atoms with Gasteiger partial charge >= 0.3 is 0 Å². The third-order valence-electron chi connectivity index (χ3n) is 5.12. The molecular formula is C22H23FN4O2. The number of aromatic nitrogens is 2. The molecule has 3 aromatic rings. The minimum Gasteiger partial charge on any atom is -0.368 e. The highest BCUT2D eigenvalue weighted by Crippen LogP contribution is 2.19. The van der Waals surface area contributed by atoms with Crippen molar-refractivity contribution >= 4 is 11.6 Å². The Balaban J connectivity index is 1.28. The maximum atomic E-state index is 13.1. The average Bonchev–Trinajstić information content (AvgIpc) is 3.22. The molecule has 1 amide bonds. The van der Waals surface area contributed by atoms with Crippen molar-refractivity contribution in [2.45, 2.75) is 19.8 Å². The van der Waals surface area contributed by atoms with E-state index in [-0.39, 0.29) is 11.7 Å². The first-order chi connectivity index (χ1) is 14.1. The fraction of sp³-hybridized carbons (Fsp3) is 0.318. The summed E-state index contributed by atoms with van der Waals surface area (Å²) in [4.78, 5) is 21.0. The maximum Gasteiger partial charge on any atom is 0.227 e. The molecule has 1 aliphatic heterocycles. The number of halogens is 1. The highest BCUT2D eigenvalue weighted by atomic mass is 19.1. The normalized spacial score (nSPS) is 14.3. The second-order valence-corrected chi connectivity index (χ2v) is 7.23. The van der Waals surface area contributed by atoms with Gasteiger partial charge in [-0.3, -0.25) is 4.79 Å². The van der Waals surface area contributed by atoms with E-state index in [1.165, 1.54) is 12.1 Å².